The molecule has 0 bridgehead atoms. The van der Waals surface area contributed by atoms with E-state index in [0.717, 1.165) is 36.4 Å². The molecule has 1 unspecified atom stereocenters. The first-order valence-electron chi connectivity index (χ1n) is 10.5. The predicted molar refractivity (Wildman–Crippen MR) is 118 cm³/mol. The van der Waals surface area contributed by atoms with Crippen LogP contribution in [-0.4, -0.2) is 36.0 Å². The van der Waals surface area contributed by atoms with Crippen LogP contribution in [0.1, 0.15) is 44.0 Å². The number of hydrogen-bond donors (Lipinski definition) is 3. The molecule has 1 fully saturated rings. The molecule has 4 N–H and O–H groups in total. The number of hydrogen-bond acceptors (Lipinski definition) is 7. The molecule has 1 spiro atoms. The average molecular weight is 475 g/mol. The molecule has 1 aliphatic heterocycles. The number of carbonyl (C=O) groups is 1. The van der Waals surface area contributed by atoms with Crippen molar-refractivity contribution in [1.29, 1.82) is 0 Å². The van der Waals surface area contributed by atoms with E-state index in [2.05, 4.69) is 20.6 Å². The van der Waals surface area contributed by atoms with E-state index in [1.54, 1.807) is 6.20 Å². The van der Waals surface area contributed by atoms with Gasteiger partial charge in [0.2, 0.25) is 21.9 Å². The monoisotopic (exact) mass is 474 g/mol. The van der Waals surface area contributed by atoms with Crippen molar-refractivity contribution in [2.45, 2.75) is 48.8 Å². The van der Waals surface area contributed by atoms with Crippen LogP contribution in [0, 0.1) is 5.82 Å². The maximum atomic E-state index is 14.5. The van der Waals surface area contributed by atoms with Crippen LogP contribution in [0.5, 0.6) is 0 Å². The smallest absolute Gasteiger partial charge is 0.248 e. The number of nitrogens with one attached hydrogen (secondary N) is 2. The van der Waals surface area contributed by atoms with Gasteiger partial charge in [-0.15, -0.1) is 0 Å². The number of aromatic nitrogens is 3. The molecule has 0 radical (unpaired) electrons. The van der Waals surface area contributed by atoms with Crippen molar-refractivity contribution < 1.29 is 22.3 Å². The summed E-state index contributed by atoms with van der Waals surface area (Å²) >= 11 is 0. The van der Waals surface area contributed by atoms with Gasteiger partial charge in [0, 0.05) is 18.7 Å². The van der Waals surface area contributed by atoms with Crippen LogP contribution in [0.3, 0.4) is 0 Å². The lowest BCUT2D eigenvalue weighted by Gasteiger charge is -2.43. The molecule has 3 heterocycles. The molecule has 1 amide bonds. The van der Waals surface area contributed by atoms with E-state index in [-0.39, 0.29) is 22.4 Å². The topological polar surface area (TPSA) is 141 Å². The molecular formula is C21H23FN6O4S. The highest BCUT2D eigenvalue weighted by atomic mass is 32.2. The van der Waals surface area contributed by atoms with Gasteiger partial charge in [-0.2, -0.15) is 4.98 Å². The standard InChI is InChI=1S/C21H23FN6O4S/c1-32-18-16-9-12-11-24-20(25-15-6-5-13(10-14(15)22)33(23,30)31)26-17(12)28(16)21(19(29)27-18)7-3-2-4-8-21/h5-6,9-11,18H,2-4,7-8H2,1H3,(H,27,29)(H2,23,30,31)(H,24,25,26). The summed E-state index contributed by atoms with van der Waals surface area (Å²) in [7, 11) is -2.50. The number of sulfonamides is 1. The van der Waals surface area contributed by atoms with Gasteiger partial charge < -0.3 is 19.9 Å². The minimum absolute atomic E-state index is 0.00735. The van der Waals surface area contributed by atoms with E-state index < -0.39 is 27.6 Å². The molecular weight excluding hydrogens is 451 g/mol. The van der Waals surface area contributed by atoms with Gasteiger partial charge in [-0.25, -0.2) is 22.9 Å². The summed E-state index contributed by atoms with van der Waals surface area (Å²) in [6, 6.07) is 5.18. The van der Waals surface area contributed by atoms with Crippen molar-refractivity contribution in [2.24, 2.45) is 5.14 Å². The number of benzene rings is 1. The second-order valence-electron chi connectivity index (χ2n) is 8.37. The molecule has 1 aliphatic carbocycles. The number of ether oxygens (including phenoxy) is 1. The molecule has 10 nitrogen and oxygen atoms in total. The summed E-state index contributed by atoms with van der Waals surface area (Å²) in [5, 5.41) is 11.5. The third-order valence-electron chi connectivity index (χ3n) is 6.38. The highest BCUT2D eigenvalue weighted by Crippen LogP contribution is 2.43. The van der Waals surface area contributed by atoms with Crippen molar-refractivity contribution in [2.75, 3.05) is 12.4 Å². The molecule has 33 heavy (non-hydrogen) atoms. The number of nitrogens with two attached hydrogens (primary N) is 1. The Morgan fingerprint density at radius 1 is 1.27 bits per heavy atom. The van der Waals surface area contributed by atoms with Crippen LogP contribution in [0.4, 0.5) is 16.0 Å². The van der Waals surface area contributed by atoms with Crippen molar-refractivity contribution in [3.05, 3.63) is 42.0 Å². The molecule has 1 aromatic carbocycles. The molecule has 2 aliphatic rings. The first kappa shape index (κ1) is 21.7. The fourth-order valence-electron chi connectivity index (χ4n) is 4.80. The molecule has 174 valence electrons. The minimum Gasteiger partial charge on any atom is -0.356 e. The van der Waals surface area contributed by atoms with Crippen molar-refractivity contribution in [3.63, 3.8) is 0 Å². The number of halogens is 1. The number of primary sulfonamides is 1. The quantitative estimate of drug-likeness (QED) is 0.527. The van der Waals surface area contributed by atoms with E-state index in [0.29, 0.717) is 18.5 Å². The predicted octanol–water partition coefficient (Wildman–Crippen LogP) is 2.40. The van der Waals surface area contributed by atoms with Crippen molar-refractivity contribution >= 4 is 38.6 Å². The highest BCUT2D eigenvalue weighted by Gasteiger charge is 2.48. The van der Waals surface area contributed by atoms with Crippen LogP contribution in [0.25, 0.3) is 11.0 Å². The van der Waals surface area contributed by atoms with Gasteiger partial charge in [-0.1, -0.05) is 19.3 Å². The molecule has 3 aromatic rings. The lowest BCUT2D eigenvalue weighted by molar-refractivity contribution is -0.139. The molecule has 1 saturated carbocycles. The Morgan fingerprint density at radius 2 is 2.03 bits per heavy atom. The Labute approximate surface area is 189 Å². The summed E-state index contributed by atoms with van der Waals surface area (Å²) < 4.78 is 44.9. The summed E-state index contributed by atoms with van der Waals surface area (Å²) in [5.74, 6) is -0.807. The summed E-state index contributed by atoms with van der Waals surface area (Å²) in [4.78, 5) is 21.7. The van der Waals surface area contributed by atoms with Gasteiger partial charge in [0.25, 0.3) is 0 Å². The first-order valence-corrected chi connectivity index (χ1v) is 12.1. The Hall–Kier alpha value is -3.09. The number of nitrogens with zero attached hydrogens (tertiary/aromatic N) is 3. The van der Waals surface area contributed by atoms with Crippen molar-refractivity contribution in [1.82, 2.24) is 19.9 Å². The summed E-state index contributed by atoms with van der Waals surface area (Å²) in [6.07, 6.45) is 5.25. The average Bonchev–Trinajstić information content (AvgIpc) is 3.17. The fraction of sp³-hybridized carbons (Fsp3) is 0.381. The Morgan fingerprint density at radius 3 is 2.70 bits per heavy atom. The second kappa shape index (κ2) is 7.75. The zero-order chi connectivity index (χ0) is 23.4. The maximum absolute atomic E-state index is 14.5. The van der Waals surface area contributed by atoms with Gasteiger partial charge in [-0.05, 0) is 37.1 Å². The van der Waals surface area contributed by atoms with Crippen LogP contribution in [0.15, 0.2) is 35.4 Å². The van der Waals surface area contributed by atoms with Crippen LogP contribution < -0.4 is 15.8 Å². The zero-order valence-electron chi connectivity index (χ0n) is 17.8. The third-order valence-corrected chi connectivity index (χ3v) is 7.29. The van der Waals surface area contributed by atoms with Gasteiger partial charge in [-0.3, -0.25) is 4.79 Å². The molecule has 0 saturated heterocycles. The second-order valence-corrected chi connectivity index (χ2v) is 9.93. The number of carbonyl (C=O) groups excluding carboxylic acids is 1. The largest absolute Gasteiger partial charge is 0.356 e. The Kier molecular flexibility index (Phi) is 5.10. The normalized spacial score (nSPS) is 20.0. The lowest BCUT2D eigenvalue weighted by Crippen LogP contribution is -2.56. The minimum atomic E-state index is -4.03. The maximum Gasteiger partial charge on any atom is 0.248 e. The zero-order valence-corrected chi connectivity index (χ0v) is 18.7. The number of fused-ring (bicyclic) bond motifs is 4. The number of anilines is 2. The van der Waals surface area contributed by atoms with Gasteiger partial charge >= 0.3 is 0 Å². The fourth-order valence-corrected chi connectivity index (χ4v) is 5.33. The first-order chi connectivity index (χ1) is 15.7. The van der Waals surface area contributed by atoms with E-state index in [9.17, 15) is 17.6 Å². The van der Waals surface area contributed by atoms with Gasteiger partial charge in [0.05, 0.1) is 16.3 Å². The van der Waals surface area contributed by atoms with E-state index >= 15 is 0 Å². The van der Waals surface area contributed by atoms with Crippen LogP contribution in [-0.2, 0) is 25.1 Å². The van der Waals surface area contributed by atoms with Crippen LogP contribution in [0.2, 0.25) is 0 Å². The van der Waals surface area contributed by atoms with Crippen LogP contribution >= 0.6 is 0 Å². The summed E-state index contributed by atoms with van der Waals surface area (Å²) in [6.45, 7) is 0. The number of rotatable bonds is 4. The van der Waals surface area contributed by atoms with Crippen molar-refractivity contribution in [3.8, 4) is 0 Å². The number of methoxy groups -OCH3 is 1. The Balaban J connectivity index is 1.60. The van der Waals surface area contributed by atoms with Gasteiger partial charge in [0.15, 0.2) is 6.23 Å². The third kappa shape index (κ3) is 3.54. The molecule has 2 aromatic heterocycles. The molecule has 1 atom stereocenters. The highest BCUT2D eigenvalue weighted by molar-refractivity contribution is 7.89. The van der Waals surface area contributed by atoms with E-state index in [1.165, 1.54) is 19.2 Å². The lowest BCUT2D eigenvalue weighted by atomic mass is 9.79. The number of amides is 1. The summed E-state index contributed by atoms with van der Waals surface area (Å²) in [5.41, 5.74) is 0.553. The van der Waals surface area contributed by atoms with E-state index in [1.807, 2.05) is 10.6 Å². The Bertz CT molecular complexity index is 1370. The van der Waals surface area contributed by atoms with E-state index in [4.69, 9.17) is 9.88 Å². The molecule has 5 rings (SSSR count). The van der Waals surface area contributed by atoms with Gasteiger partial charge in [0.1, 0.15) is 17.0 Å². The SMILES string of the molecule is COC1NC(=O)C2(CCCCC2)n2c1cc1cnc(Nc3ccc(S(N)(=O)=O)cc3F)nc12. The molecule has 12 heteroatoms.